The van der Waals surface area contributed by atoms with E-state index in [9.17, 15) is 4.79 Å². The molecule has 0 aromatic heterocycles. The van der Waals surface area contributed by atoms with E-state index in [2.05, 4.69) is 9.64 Å². The monoisotopic (exact) mass is 215 g/mol. The standard InChI is InChI=1S/C11H21NO3/c1-14-9-8-12(10-5-6-10)7-3-4-11(13)15-2/h10H,3-9H2,1-2H3. The van der Waals surface area contributed by atoms with Crippen molar-refractivity contribution in [3.63, 3.8) is 0 Å². The highest BCUT2D eigenvalue weighted by atomic mass is 16.5. The van der Waals surface area contributed by atoms with E-state index in [0.29, 0.717) is 6.42 Å². The Morgan fingerprint density at radius 2 is 2.07 bits per heavy atom. The lowest BCUT2D eigenvalue weighted by molar-refractivity contribution is -0.140. The number of hydrogen-bond acceptors (Lipinski definition) is 4. The van der Waals surface area contributed by atoms with Gasteiger partial charge in [-0.05, 0) is 25.8 Å². The molecular formula is C11H21NO3. The molecule has 0 unspecified atom stereocenters. The molecule has 15 heavy (non-hydrogen) atoms. The summed E-state index contributed by atoms with van der Waals surface area (Å²) in [6.07, 6.45) is 3.99. The fourth-order valence-corrected chi connectivity index (χ4v) is 1.65. The third-order valence-electron chi connectivity index (χ3n) is 2.70. The average Bonchev–Trinajstić information content (AvgIpc) is 3.06. The van der Waals surface area contributed by atoms with Crippen LogP contribution in [0.15, 0.2) is 0 Å². The predicted octanol–water partition coefficient (Wildman–Crippen LogP) is 1.05. The fraction of sp³-hybridized carbons (Fsp3) is 0.909. The van der Waals surface area contributed by atoms with E-state index < -0.39 is 0 Å². The van der Waals surface area contributed by atoms with Gasteiger partial charge in [0.05, 0.1) is 13.7 Å². The Morgan fingerprint density at radius 3 is 2.60 bits per heavy atom. The lowest BCUT2D eigenvalue weighted by Crippen LogP contribution is -2.31. The summed E-state index contributed by atoms with van der Waals surface area (Å²) in [7, 11) is 3.16. The molecule has 1 rings (SSSR count). The quantitative estimate of drug-likeness (QED) is 0.567. The Hall–Kier alpha value is -0.610. The SMILES string of the molecule is COCCN(CCCC(=O)OC)C1CC1. The van der Waals surface area contributed by atoms with Crippen molar-refractivity contribution in [1.29, 1.82) is 0 Å². The molecule has 1 fully saturated rings. The van der Waals surface area contributed by atoms with Gasteiger partial charge in [-0.15, -0.1) is 0 Å². The summed E-state index contributed by atoms with van der Waals surface area (Å²) in [6.45, 7) is 2.72. The number of hydrogen-bond donors (Lipinski definition) is 0. The van der Waals surface area contributed by atoms with Crippen molar-refractivity contribution < 1.29 is 14.3 Å². The number of methoxy groups -OCH3 is 2. The second-order valence-electron chi connectivity index (χ2n) is 3.94. The van der Waals surface area contributed by atoms with Crippen LogP contribution in [-0.4, -0.2) is 50.8 Å². The summed E-state index contributed by atoms with van der Waals surface area (Å²) in [5.41, 5.74) is 0. The summed E-state index contributed by atoms with van der Waals surface area (Å²) < 4.78 is 9.67. The molecule has 0 aliphatic heterocycles. The van der Waals surface area contributed by atoms with Crippen LogP contribution in [0.1, 0.15) is 25.7 Å². The zero-order valence-corrected chi connectivity index (χ0v) is 9.70. The molecule has 0 saturated heterocycles. The first-order valence-corrected chi connectivity index (χ1v) is 5.57. The van der Waals surface area contributed by atoms with Gasteiger partial charge < -0.3 is 9.47 Å². The van der Waals surface area contributed by atoms with E-state index in [1.54, 1.807) is 7.11 Å². The summed E-state index contributed by atoms with van der Waals surface area (Å²) in [4.78, 5) is 13.3. The average molecular weight is 215 g/mol. The van der Waals surface area contributed by atoms with Crippen LogP contribution in [0.3, 0.4) is 0 Å². The Morgan fingerprint density at radius 1 is 1.33 bits per heavy atom. The maximum atomic E-state index is 10.9. The van der Waals surface area contributed by atoms with Crippen molar-refractivity contribution in [2.45, 2.75) is 31.7 Å². The van der Waals surface area contributed by atoms with E-state index in [1.165, 1.54) is 20.0 Å². The Labute approximate surface area is 91.5 Å². The normalized spacial score (nSPS) is 15.7. The van der Waals surface area contributed by atoms with Crippen LogP contribution >= 0.6 is 0 Å². The van der Waals surface area contributed by atoms with Gasteiger partial charge in [0.2, 0.25) is 0 Å². The van der Waals surface area contributed by atoms with Gasteiger partial charge in [-0.1, -0.05) is 0 Å². The smallest absolute Gasteiger partial charge is 0.305 e. The number of carbonyl (C=O) groups excluding carboxylic acids is 1. The lowest BCUT2D eigenvalue weighted by Gasteiger charge is -2.20. The Kier molecular flexibility index (Phi) is 5.65. The highest BCUT2D eigenvalue weighted by Gasteiger charge is 2.28. The maximum Gasteiger partial charge on any atom is 0.305 e. The van der Waals surface area contributed by atoms with E-state index in [0.717, 1.165) is 32.2 Å². The van der Waals surface area contributed by atoms with Gasteiger partial charge >= 0.3 is 5.97 Å². The largest absolute Gasteiger partial charge is 0.469 e. The zero-order valence-electron chi connectivity index (χ0n) is 9.70. The Bertz CT molecular complexity index is 192. The van der Waals surface area contributed by atoms with Crippen LogP contribution < -0.4 is 0 Å². The van der Waals surface area contributed by atoms with Crippen LogP contribution in [0.2, 0.25) is 0 Å². The first-order valence-electron chi connectivity index (χ1n) is 5.57. The molecule has 4 heteroatoms. The summed E-state index contributed by atoms with van der Waals surface area (Å²) in [5, 5.41) is 0. The van der Waals surface area contributed by atoms with E-state index >= 15 is 0 Å². The van der Waals surface area contributed by atoms with Crippen LogP contribution in [0.5, 0.6) is 0 Å². The van der Waals surface area contributed by atoms with Crippen LogP contribution in [0, 0.1) is 0 Å². The van der Waals surface area contributed by atoms with Gasteiger partial charge in [0.25, 0.3) is 0 Å². The molecule has 1 aliphatic carbocycles. The fourth-order valence-electron chi connectivity index (χ4n) is 1.65. The van der Waals surface area contributed by atoms with Gasteiger partial charge in [-0.25, -0.2) is 0 Å². The van der Waals surface area contributed by atoms with Crippen LogP contribution in [0.4, 0.5) is 0 Å². The minimum absolute atomic E-state index is 0.113. The van der Waals surface area contributed by atoms with E-state index in [-0.39, 0.29) is 5.97 Å². The van der Waals surface area contributed by atoms with E-state index in [4.69, 9.17) is 4.74 Å². The molecule has 0 spiro atoms. The second kappa shape index (κ2) is 6.80. The molecule has 0 amide bonds. The van der Waals surface area contributed by atoms with Gasteiger partial charge in [0, 0.05) is 26.1 Å². The lowest BCUT2D eigenvalue weighted by atomic mass is 10.3. The van der Waals surface area contributed by atoms with Gasteiger partial charge in [0.1, 0.15) is 0 Å². The highest BCUT2D eigenvalue weighted by Crippen LogP contribution is 2.26. The number of rotatable bonds is 8. The molecule has 88 valence electrons. The molecule has 0 radical (unpaired) electrons. The topological polar surface area (TPSA) is 38.8 Å². The maximum absolute atomic E-state index is 10.9. The number of ether oxygens (including phenoxy) is 2. The molecule has 0 aromatic carbocycles. The second-order valence-corrected chi connectivity index (χ2v) is 3.94. The summed E-state index contributed by atoms with van der Waals surface area (Å²) in [6, 6.07) is 0.734. The van der Waals surface area contributed by atoms with Crippen molar-refractivity contribution in [2.75, 3.05) is 33.9 Å². The van der Waals surface area contributed by atoms with E-state index in [1.807, 2.05) is 0 Å². The molecule has 0 atom stereocenters. The van der Waals surface area contributed by atoms with Gasteiger partial charge in [0.15, 0.2) is 0 Å². The molecular weight excluding hydrogens is 194 g/mol. The van der Waals surface area contributed by atoms with Crippen LogP contribution in [-0.2, 0) is 14.3 Å². The van der Waals surface area contributed by atoms with Crippen molar-refractivity contribution in [3.05, 3.63) is 0 Å². The third kappa shape index (κ3) is 5.14. The molecule has 0 N–H and O–H groups in total. The number of carbonyl (C=O) groups is 1. The van der Waals surface area contributed by atoms with Crippen molar-refractivity contribution in [2.24, 2.45) is 0 Å². The first kappa shape index (κ1) is 12.5. The van der Waals surface area contributed by atoms with Crippen molar-refractivity contribution >= 4 is 5.97 Å². The molecule has 0 aromatic rings. The summed E-state index contributed by atoms with van der Waals surface area (Å²) >= 11 is 0. The molecule has 4 nitrogen and oxygen atoms in total. The predicted molar refractivity (Wildman–Crippen MR) is 57.7 cm³/mol. The van der Waals surface area contributed by atoms with Crippen molar-refractivity contribution in [1.82, 2.24) is 4.90 Å². The zero-order chi connectivity index (χ0) is 11.1. The summed E-state index contributed by atoms with van der Waals surface area (Å²) in [5.74, 6) is -0.113. The third-order valence-corrected chi connectivity index (χ3v) is 2.70. The van der Waals surface area contributed by atoms with Gasteiger partial charge in [-0.2, -0.15) is 0 Å². The van der Waals surface area contributed by atoms with Crippen molar-refractivity contribution in [3.8, 4) is 0 Å². The molecule has 0 bridgehead atoms. The minimum atomic E-state index is -0.113. The number of esters is 1. The number of nitrogens with zero attached hydrogens (tertiary/aromatic N) is 1. The minimum Gasteiger partial charge on any atom is -0.469 e. The van der Waals surface area contributed by atoms with Crippen LogP contribution in [0.25, 0.3) is 0 Å². The highest BCUT2D eigenvalue weighted by molar-refractivity contribution is 5.69. The molecule has 0 heterocycles. The molecule has 1 aliphatic rings. The molecule has 1 saturated carbocycles. The van der Waals surface area contributed by atoms with Gasteiger partial charge in [-0.3, -0.25) is 9.69 Å². The Balaban J connectivity index is 2.11. The first-order chi connectivity index (χ1) is 7.27.